The molecular weight excluding hydrogens is 408 g/mol. The third-order valence-electron chi connectivity index (χ3n) is 4.68. The van der Waals surface area contributed by atoms with Crippen LogP contribution in [0.3, 0.4) is 0 Å². The first kappa shape index (κ1) is 22.0. The highest BCUT2D eigenvalue weighted by molar-refractivity contribution is 5.47. The van der Waals surface area contributed by atoms with Gasteiger partial charge in [-0.05, 0) is 68.9 Å². The third-order valence-corrected chi connectivity index (χ3v) is 4.68. The lowest BCUT2D eigenvalue weighted by Gasteiger charge is -2.30. The van der Waals surface area contributed by atoms with Gasteiger partial charge in [-0.15, -0.1) is 0 Å². The molecule has 1 fully saturated rings. The predicted octanol–water partition coefficient (Wildman–Crippen LogP) is 5.60. The van der Waals surface area contributed by atoms with E-state index in [-0.39, 0.29) is 17.7 Å². The molecule has 2 aromatic rings. The predicted molar refractivity (Wildman–Crippen MR) is 100 cm³/mol. The Labute approximate surface area is 170 Å². The number of nitrogens with zero attached hydrogens (tertiary/aromatic N) is 1. The van der Waals surface area contributed by atoms with E-state index in [9.17, 15) is 26.3 Å². The quantitative estimate of drug-likeness (QED) is 0.457. The number of likely N-dealkylation sites (tertiary alicyclic amines) is 1. The van der Waals surface area contributed by atoms with Gasteiger partial charge in [0, 0.05) is 17.7 Å². The Bertz CT molecular complexity index is 905. The molecule has 2 aromatic carbocycles. The highest BCUT2D eigenvalue weighted by Crippen LogP contribution is 2.36. The van der Waals surface area contributed by atoms with Crippen LogP contribution in [0, 0.1) is 11.8 Å². The average molecular weight is 427 g/mol. The van der Waals surface area contributed by atoms with E-state index in [1.165, 1.54) is 0 Å². The van der Waals surface area contributed by atoms with Crippen molar-refractivity contribution in [3.05, 3.63) is 64.7 Å². The van der Waals surface area contributed by atoms with E-state index < -0.39 is 23.5 Å². The van der Waals surface area contributed by atoms with E-state index in [0.717, 1.165) is 25.9 Å². The molecule has 2 nitrogen and oxygen atoms in total. The van der Waals surface area contributed by atoms with Crippen molar-refractivity contribution in [1.29, 1.82) is 0 Å². The second kappa shape index (κ2) is 8.60. The highest BCUT2D eigenvalue weighted by Gasteiger charge is 2.36. The second-order valence-electron chi connectivity index (χ2n) is 7.21. The Kier molecular flexibility index (Phi) is 6.32. The first-order chi connectivity index (χ1) is 14.0. The monoisotopic (exact) mass is 427 g/mol. The molecule has 0 saturated carbocycles. The summed E-state index contributed by atoms with van der Waals surface area (Å²) in [5.74, 6) is 5.64. The van der Waals surface area contributed by atoms with E-state index in [0.29, 0.717) is 23.4 Å². The van der Waals surface area contributed by atoms with Gasteiger partial charge in [0.25, 0.3) is 0 Å². The standard InChI is InChI=1S/C22H19F6NO/c1-29-10-2-3-20(14-29)30-19-8-6-15(7-9-19)4-5-16-11-17(21(23,24)25)13-18(12-16)22(26,27)28/h6-9,11-13,20H,2-3,10,14H2,1H3. The Balaban J connectivity index is 1.78. The minimum Gasteiger partial charge on any atom is -0.489 e. The fraction of sp³-hybridized carbons (Fsp3) is 0.364. The average Bonchev–Trinajstić information content (AvgIpc) is 2.66. The molecule has 0 N–H and O–H groups in total. The van der Waals surface area contributed by atoms with E-state index in [1.54, 1.807) is 24.3 Å². The van der Waals surface area contributed by atoms with E-state index in [4.69, 9.17) is 4.74 Å². The van der Waals surface area contributed by atoms with Crippen molar-refractivity contribution >= 4 is 0 Å². The molecule has 1 unspecified atom stereocenters. The maximum Gasteiger partial charge on any atom is 0.416 e. The number of hydrogen-bond acceptors (Lipinski definition) is 2. The van der Waals surface area contributed by atoms with Crippen LogP contribution in [0.1, 0.15) is 35.1 Å². The van der Waals surface area contributed by atoms with E-state index in [2.05, 4.69) is 16.7 Å². The molecule has 0 aromatic heterocycles. The second-order valence-corrected chi connectivity index (χ2v) is 7.21. The molecule has 0 spiro atoms. The summed E-state index contributed by atoms with van der Waals surface area (Å²) in [6.07, 6.45) is -7.73. The van der Waals surface area contributed by atoms with Gasteiger partial charge in [0.1, 0.15) is 11.9 Å². The Morgan fingerprint density at radius 1 is 0.867 bits per heavy atom. The maximum atomic E-state index is 12.9. The molecule has 1 aliphatic rings. The first-order valence-corrected chi connectivity index (χ1v) is 9.27. The molecule has 8 heteroatoms. The van der Waals surface area contributed by atoms with Crippen LogP contribution in [-0.2, 0) is 12.4 Å². The lowest BCUT2D eigenvalue weighted by molar-refractivity contribution is -0.143. The van der Waals surface area contributed by atoms with Gasteiger partial charge in [-0.1, -0.05) is 11.8 Å². The number of piperidine rings is 1. The Morgan fingerprint density at radius 3 is 1.97 bits per heavy atom. The summed E-state index contributed by atoms with van der Waals surface area (Å²) in [5.41, 5.74) is -2.68. The lowest BCUT2D eigenvalue weighted by atomic mass is 10.0. The molecule has 0 aliphatic carbocycles. The number of benzene rings is 2. The molecule has 1 saturated heterocycles. The van der Waals surface area contributed by atoms with Crippen molar-refractivity contribution in [3.8, 4) is 17.6 Å². The van der Waals surface area contributed by atoms with Gasteiger partial charge < -0.3 is 9.64 Å². The van der Waals surface area contributed by atoms with Gasteiger partial charge in [0.15, 0.2) is 0 Å². The zero-order chi connectivity index (χ0) is 21.9. The van der Waals surface area contributed by atoms with Crippen LogP contribution in [0.15, 0.2) is 42.5 Å². The summed E-state index contributed by atoms with van der Waals surface area (Å²) in [5, 5.41) is 0. The fourth-order valence-corrected chi connectivity index (χ4v) is 3.20. The summed E-state index contributed by atoms with van der Waals surface area (Å²) < 4.78 is 83.5. The van der Waals surface area contributed by atoms with Gasteiger partial charge in [-0.3, -0.25) is 0 Å². The molecule has 30 heavy (non-hydrogen) atoms. The maximum absolute atomic E-state index is 12.9. The molecule has 0 radical (unpaired) electrons. The van der Waals surface area contributed by atoms with Crippen LogP contribution in [0.25, 0.3) is 0 Å². The number of hydrogen-bond donors (Lipinski definition) is 0. The normalized spacial score (nSPS) is 17.9. The summed E-state index contributed by atoms with van der Waals surface area (Å²) in [6, 6.07) is 7.91. The van der Waals surface area contributed by atoms with Crippen molar-refractivity contribution in [2.24, 2.45) is 0 Å². The number of likely N-dealkylation sites (N-methyl/N-ethyl adjacent to an activating group) is 1. The Morgan fingerprint density at radius 2 is 1.43 bits per heavy atom. The molecule has 3 rings (SSSR count). The number of alkyl halides is 6. The zero-order valence-electron chi connectivity index (χ0n) is 16.1. The molecular formula is C22H19F6NO. The van der Waals surface area contributed by atoms with E-state index >= 15 is 0 Å². The molecule has 1 atom stereocenters. The van der Waals surface area contributed by atoms with Gasteiger partial charge in [0.05, 0.1) is 11.1 Å². The van der Waals surface area contributed by atoms with Crippen LogP contribution in [-0.4, -0.2) is 31.1 Å². The third kappa shape index (κ3) is 5.92. The molecule has 0 bridgehead atoms. The smallest absolute Gasteiger partial charge is 0.416 e. The minimum absolute atomic E-state index is 0.0755. The summed E-state index contributed by atoms with van der Waals surface area (Å²) in [4.78, 5) is 2.18. The van der Waals surface area contributed by atoms with E-state index in [1.807, 2.05) is 7.05 Å². The van der Waals surface area contributed by atoms with Crippen LogP contribution >= 0.6 is 0 Å². The van der Waals surface area contributed by atoms with Crippen LogP contribution in [0.2, 0.25) is 0 Å². The van der Waals surface area contributed by atoms with Crippen molar-refractivity contribution in [2.45, 2.75) is 31.3 Å². The van der Waals surface area contributed by atoms with Crippen LogP contribution in [0.5, 0.6) is 5.75 Å². The van der Waals surface area contributed by atoms with Crippen molar-refractivity contribution < 1.29 is 31.1 Å². The highest BCUT2D eigenvalue weighted by atomic mass is 19.4. The lowest BCUT2D eigenvalue weighted by Crippen LogP contribution is -2.38. The summed E-state index contributed by atoms with van der Waals surface area (Å²) in [7, 11) is 2.02. The molecule has 1 heterocycles. The number of ether oxygens (including phenoxy) is 1. The summed E-state index contributed by atoms with van der Waals surface area (Å²) in [6.45, 7) is 1.85. The fourth-order valence-electron chi connectivity index (χ4n) is 3.20. The van der Waals surface area contributed by atoms with Crippen molar-refractivity contribution in [2.75, 3.05) is 20.1 Å². The van der Waals surface area contributed by atoms with Crippen LogP contribution in [0.4, 0.5) is 26.3 Å². The largest absolute Gasteiger partial charge is 0.489 e. The van der Waals surface area contributed by atoms with Gasteiger partial charge in [-0.25, -0.2) is 0 Å². The van der Waals surface area contributed by atoms with Gasteiger partial charge in [0.2, 0.25) is 0 Å². The zero-order valence-corrected chi connectivity index (χ0v) is 16.1. The van der Waals surface area contributed by atoms with Gasteiger partial charge >= 0.3 is 12.4 Å². The van der Waals surface area contributed by atoms with Crippen LogP contribution < -0.4 is 4.74 Å². The number of halogens is 6. The molecule has 0 amide bonds. The topological polar surface area (TPSA) is 12.5 Å². The SMILES string of the molecule is CN1CCCC(Oc2ccc(C#Cc3cc(C(F)(F)F)cc(C(F)(F)F)c3)cc2)C1. The molecule has 160 valence electrons. The molecule has 1 aliphatic heterocycles. The first-order valence-electron chi connectivity index (χ1n) is 9.27. The number of rotatable bonds is 2. The van der Waals surface area contributed by atoms with Crippen molar-refractivity contribution in [3.63, 3.8) is 0 Å². The van der Waals surface area contributed by atoms with Crippen molar-refractivity contribution in [1.82, 2.24) is 4.90 Å². The minimum atomic E-state index is -4.90. The van der Waals surface area contributed by atoms with Gasteiger partial charge in [-0.2, -0.15) is 26.3 Å². The Hall–Kier alpha value is -2.66. The summed E-state index contributed by atoms with van der Waals surface area (Å²) >= 11 is 0.